The zero-order chi connectivity index (χ0) is 14.7. The lowest BCUT2D eigenvalue weighted by Gasteiger charge is -2.13. The molecule has 19 heavy (non-hydrogen) atoms. The van der Waals surface area contributed by atoms with Gasteiger partial charge in [-0.1, -0.05) is 12.1 Å². The fraction of sp³-hybridized carbons (Fsp3) is 0.455. The Morgan fingerprint density at radius 3 is 2.21 bits per heavy atom. The molecule has 0 amide bonds. The monoisotopic (exact) mass is 297 g/mol. The highest BCUT2D eigenvalue weighted by Crippen LogP contribution is 2.24. The molecule has 0 heterocycles. The third kappa shape index (κ3) is 6.44. The summed E-state index contributed by atoms with van der Waals surface area (Å²) in [5.41, 5.74) is 6.31. The summed E-state index contributed by atoms with van der Waals surface area (Å²) in [6.07, 6.45) is -3.43. The Bertz CT molecular complexity index is 511. The highest BCUT2D eigenvalue weighted by atomic mass is 32.2. The van der Waals surface area contributed by atoms with Crippen LogP contribution in [0, 0.1) is 0 Å². The molecule has 1 aromatic carbocycles. The minimum Gasteiger partial charge on any atom is -0.406 e. The van der Waals surface area contributed by atoms with Gasteiger partial charge in [0, 0.05) is 12.3 Å². The summed E-state index contributed by atoms with van der Waals surface area (Å²) in [6, 6.07) is 4.50. The Kier molecular flexibility index (Phi) is 4.81. The third-order valence-electron chi connectivity index (χ3n) is 2.34. The first-order valence-corrected chi connectivity index (χ1v) is 7.42. The van der Waals surface area contributed by atoms with Crippen LogP contribution in [0.3, 0.4) is 0 Å². The van der Waals surface area contributed by atoms with Gasteiger partial charge in [-0.2, -0.15) is 0 Å². The highest BCUT2D eigenvalue weighted by Gasteiger charge is 2.31. The van der Waals surface area contributed by atoms with Gasteiger partial charge in [0.15, 0.2) is 0 Å². The summed E-state index contributed by atoms with van der Waals surface area (Å²) >= 11 is 0. The van der Waals surface area contributed by atoms with Crippen molar-refractivity contribution in [2.75, 3.05) is 12.0 Å². The van der Waals surface area contributed by atoms with Gasteiger partial charge in [0.05, 0.1) is 5.75 Å². The van der Waals surface area contributed by atoms with Crippen LogP contribution < -0.4 is 10.5 Å². The van der Waals surface area contributed by atoms with Crippen molar-refractivity contribution in [3.63, 3.8) is 0 Å². The van der Waals surface area contributed by atoms with Gasteiger partial charge in [-0.25, -0.2) is 8.42 Å². The summed E-state index contributed by atoms with van der Waals surface area (Å²) in [4.78, 5) is 0. The molecule has 0 radical (unpaired) electrons. The van der Waals surface area contributed by atoms with E-state index in [1.54, 1.807) is 0 Å². The van der Waals surface area contributed by atoms with Gasteiger partial charge in [0.2, 0.25) is 0 Å². The summed E-state index contributed by atoms with van der Waals surface area (Å²) in [7, 11) is -3.11. The summed E-state index contributed by atoms with van der Waals surface area (Å²) < 4.78 is 61.5. The molecule has 1 aromatic rings. The summed E-state index contributed by atoms with van der Waals surface area (Å²) in [5, 5.41) is 0. The van der Waals surface area contributed by atoms with E-state index in [9.17, 15) is 21.6 Å². The van der Waals surface area contributed by atoms with Crippen LogP contribution in [0.25, 0.3) is 0 Å². The van der Waals surface area contributed by atoms with Crippen molar-refractivity contribution in [3.8, 4) is 5.75 Å². The Balaban J connectivity index is 2.65. The molecule has 0 aliphatic carbocycles. The van der Waals surface area contributed by atoms with Crippen LogP contribution in [0.1, 0.15) is 18.0 Å². The van der Waals surface area contributed by atoms with Gasteiger partial charge in [0.1, 0.15) is 15.6 Å². The maximum atomic E-state index is 11.9. The molecule has 0 saturated carbocycles. The molecule has 0 aliphatic rings. The molecule has 4 nitrogen and oxygen atoms in total. The molecule has 0 fully saturated rings. The van der Waals surface area contributed by atoms with E-state index in [0.717, 1.165) is 18.4 Å². The fourth-order valence-corrected chi connectivity index (χ4v) is 2.11. The second-order valence-electron chi connectivity index (χ2n) is 4.14. The third-order valence-corrected chi connectivity index (χ3v) is 3.32. The van der Waals surface area contributed by atoms with Crippen molar-refractivity contribution in [3.05, 3.63) is 29.8 Å². The lowest BCUT2D eigenvalue weighted by molar-refractivity contribution is -0.274. The number of ether oxygens (including phenoxy) is 1. The van der Waals surface area contributed by atoms with E-state index in [0.29, 0.717) is 5.56 Å². The second-order valence-corrected chi connectivity index (χ2v) is 6.40. The average molecular weight is 297 g/mol. The summed E-state index contributed by atoms with van der Waals surface area (Å²) in [6.45, 7) is 0. The van der Waals surface area contributed by atoms with Crippen molar-refractivity contribution in [1.82, 2.24) is 0 Å². The minimum absolute atomic E-state index is 0.0744. The quantitative estimate of drug-likeness (QED) is 0.902. The number of sulfone groups is 1. The number of halogens is 3. The Labute approximate surface area is 109 Å². The number of alkyl halides is 3. The van der Waals surface area contributed by atoms with Crippen LogP contribution in [-0.2, 0) is 9.84 Å². The molecule has 8 heteroatoms. The summed E-state index contributed by atoms with van der Waals surface area (Å²) in [5.74, 6) is -0.416. The number of rotatable bonds is 5. The SMILES string of the molecule is CS(=O)(=O)CCC(N)c1ccc(OC(F)(F)F)cc1. The van der Waals surface area contributed by atoms with Gasteiger partial charge in [0.25, 0.3) is 0 Å². The average Bonchev–Trinajstić information content (AvgIpc) is 2.23. The van der Waals surface area contributed by atoms with Gasteiger partial charge in [-0.3, -0.25) is 0 Å². The minimum atomic E-state index is -4.74. The van der Waals surface area contributed by atoms with Gasteiger partial charge in [-0.15, -0.1) is 13.2 Å². The molecule has 2 N–H and O–H groups in total. The fourth-order valence-electron chi connectivity index (χ4n) is 1.42. The first-order chi connectivity index (χ1) is 8.57. The van der Waals surface area contributed by atoms with Gasteiger partial charge < -0.3 is 10.5 Å². The van der Waals surface area contributed by atoms with Crippen LogP contribution in [-0.4, -0.2) is 26.8 Å². The molecule has 0 aliphatic heterocycles. The van der Waals surface area contributed by atoms with Gasteiger partial charge >= 0.3 is 6.36 Å². The van der Waals surface area contributed by atoms with Crippen LogP contribution in [0.2, 0.25) is 0 Å². The van der Waals surface area contributed by atoms with Crippen LogP contribution >= 0.6 is 0 Å². The molecule has 0 spiro atoms. The zero-order valence-electron chi connectivity index (χ0n) is 10.1. The smallest absolute Gasteiger partial charge is 0.406 e. The number of benzene rings is 1. The van der Waals surface area contributed by atoms with E-state index in [1.165, 1.54) is 12.1 Å². The molecule has 1 unspecified atom stereocenters. The van der Waals surface area contributed by atoms with Crippen molar-refractivity contribution in [2.45, 2.75) is 18.8 Å². The van der Waals surface area contributed by atoms with Crippen molar-refractivity contribution >= 4 is 9.84 Å². The molecular weight excluding hydrogens is 283 g/mol. The number of hydrogen-bond donors (Lipinski definition) is 1. The lowest BCUT2D eigenvalue weighted by Crippen LogP contribution is -2.18. The first kappa shape index (κ1) is 15.8. The van der Waals surface area contributed by atoms with E-state index >= 15 is 0 Å². The number of nitrogens with two attached hydrogens (primary N) is 1. The molecule has 0 bridgehead atoms. The zero-order valence-corrected chi connectivity index (χ0v) is 11.0. The molecule has 1 atom stereocenters. The predicted molar refractivity (Wildman–Crippen MR) is 64.4 cm³/mol. The van der Waals surface area contributed by atoms with E-state index in [4.69, 9.17) is 5.73 Å². The largest absolute Gasteiger partial charge is 0.573 e. The Morgan fingerprint density at radius 1 is 1.26 bits per heavy atom. The van der Waals surface area contributed by atoms with Crippen LogP contribution in [0.5, 0.6) is 5.75 Å². The lowest BCUT2D eigenvalue weighted by atomic mass is 10.1. The van der Waals surface area contributed by atoms with Gasteiger partial charge in [-0.05, 0) is 24.1 Å². The first-order valence-electron chi connectivity index (χ1n) is 5.36. The molecular formula is C11H14F3NO3S. The molecule has 108 valence electrons. The van der Waals surface area contributed by atoms with E-state index in [2.05, 4.69) is 4.74 Å². The van der Waals surface area contributed by atoms with Crippen LogP contribution in [0.15, 0.2) is 24.3 Å². The maximum Gasteiger partial charge on any atom is 0.573 e. The van der Waals surface area contributed by atoms with E-state index in [1.807, 2.05) is 0 Å². The Morgan fingerprint density at radius 2 is 1.79 bits per heavy atom. The van der Waals surface area contributed by atoms with E-state index < -0.39 is 22.2 Å². The normalized spacial score (nSPS) is 14.2. The predicted octanol–water partition coefficient (Wildman–Crippen LogP) is 2.02. The van der Waals surface area contributed by atoms with Crippen molar-refractivity contribution in [2.24, 2.45) is 5.73 Å². The van der Waals surface area contributed by atoms with Crippen LogP contribution in [0.4, 0.5) is 13.2 Å². The van der Waals surface area contributed by atoms with Crippen molar-refractivity contribution in [1.29, 1.82) is 0 Å². The van der Waals surface area contributed by atoms with E-state index in [-0.39, 0.29) is 17.9 Å². The highest BCUT2D eigenvalue weighted by molar-refractivity contribution is 7.90. The Hall–Kier alpha value is -1.28. The molecule has 0 aromatic heterocycles. The molecule has 0 saturated heterocycles. The standard InChI is InChI=1S/C11H14F3NO3S/c1-19(16,17)7-6-10(15)8-2-4-9(5-3-8)18-11(12,13)14/h2-5,10H,6-7,15H2,1H3. The van der Waals surface area contributed by atoms with Crippen molar-refractivity contribution < 1.29 is 26.3 Å². The topological polar surface area (TPSA) is 69.4 Å². The maximum absolute atomic E-state index is 11.9. The number of hydrogen-bond acceptors (Lipinski definition) is 4. The molecule has 1 rings (SSSR count). The second kappa shape index (κ2) is 5.79.